The maximum atomic E-state index is 12.8. The molecule has 1 fully saturated rings. The zero-order chi connectivity index (χ0) is 20.3. The molecule has 9 nitrogen and oxygen atoms in total. The Balaban J connectivity index is 2.04. The zero-order valence-electron chi connectivity index (χ0n) is 15.5. The monoisotopic (exact) mass is 383 g/mol. The molecule has 1 aliphatic rings. The first kappa shape index (κ1) is 19.2. The van der Waals surface area contributed by atoms with E-state index >= 15 is 0 Å². The van der Waals surface area contributed by atoms with Crippen molar-refractivity contribution in [1.82, 2.24) is 9.13 Å². The third kappa shape index (κ3) is 3.91. The Hall–Kier alpha value is -3.54. The van der Waals surface area contributed by atoms with Crippen LogP contribution in [0.2, 0.25) is 0 Å². The zero-order valence-corrected chi connectivity index (χ0v) is 15.5. The molecule has 9 heteroatoms. The number of amides is 1. The van der Waals surface area contributed by atoms with Gasteiger partial charge in [0.2, 0.25) is 0 Å². The summed E-state index contributed by atoms with van der Waals surface area (Å²) >= 11 is 0. The van der Waals surface area contributed by atoms with Gasteiger partial charge in [-0.25, -0.2) is 9.59 Å². The molecule has 146 valence electrons. The van der Waals surface area contributed by atoms with E-state index < -0.39 is 23.4 Å². The molecule has 3 rings (SSSR count). The molecule has 2 N–H and O–H groups in total. The van der Waals surface area contributed by atoms with Crippen molar-refractivity contribution in [1.29, 1.82) is 5.26 Å². The van der Waals surface area contributed by atoms with Gasteiger partial charge in [0.15, 0.2) is 0 Å². The number of nitrogens with two attached hydrogens (primary N) is 1. The Morgan fingerprint density at radius 1 is 1.36 bits per heavy atom. The second-order valence-corrected chi connectivity index (χ2v) is 6.68. The van der Waals surface area contributed by atoms with Gasteiger partial charge in [0.25, 0.3) is 5.56 Å². The summed E-state index contributed by atoms with van der Waals surface area (Å²) in [5, 5.41) is 9.34. The summed E-state index contributed by atoms with van der Waals surface area (Å²) < 4.78 is 7.60. The number of aromatic nitrogens is 2. The predicted molar refractivity (Wildman–Crippen MR) is 102 cm³/mol. The van der Waals surface area contributed by atoms with Crippen LogP contribution in [0.4, 0.5) is 10.6 Å². The number of nitrogens with zero attached hydrogens (tertiary/aromatic N) is 4. The Morgan fingerprint density at radius 3 is 2.82 bits per heavy atom. The molecule has 28 heavy (non-hydrogen) atoms. The fourth-order valence-corrected chi connectivity index (χ4v) is 3.41. The molecule has 0 saturated carbocycles. The summed E-state index contributed by atoms with van der Waals surface area (Å²) in [6.45, 7) is 1.07. The Kier molecular flexibility index (Phi) is 5.49. The highest BCUT2D eigenvalue weighted by Crippen LogP contribution is 2.21. The number of benzene rings is 1. The molecular formula is C19H21N5O4. The lowest BCUT2D eigenvalue weighted by Gasteiger charge is -2.34. The second-order valence-electron chi connectivity index (χ2n) is 6.68. The molecule has 1 atom stereocenters. The van der Waals surface area contributed by atoms with Crippen molar-refractivity contribution in [2.45, 2.75) is 25.5 Å². The van der Waals surface area contributed by atoms with Gasteiger partial charge in [-0.3, -0.25) is 13.9 Å². The minimum absolute atomic E-state index is 0.143. The number of hydrogen-bond donors (Lipinski definition) is 1. The summed E-state index contributed by atoms with van der Waals surface area (Å²) in [6.07, 6.45) is 0.114. The van der Waals surface area contributed by atoms with Crippen LogP contribution in [-0.2, 0) is 18.3 Å². The third-order valence-corrected chi connectivity index (χ3v) is 4.83. The molecule has 1 saturated heterocycles. The summed E-state index contributed by atoms with van der Waals surface area (Å²) in [7, 11) is 1.41. The van der Waals surface area contributed by atoms with Crippen molar-refractivity contribution >= 4 is 11.9 Å². The summed E-state index contributed by atoms with van der Waals surface area (Å²) in [4.78, 5) is 38.0. The van der Waals surface area contributed by atoms with Crippen molar-refractivity contribution in [2.24, 2.45) is 12.8 Å². The molecule has 0 unspecified atom stereocenters. The van der Waals surface area contributed by atoms with E-state index in [-0.39, 0.29) is 6.54 Å². The Morgan fingerprint density at radius 2 is 2.11 bits per heavy atom. The van der Waals surface area contributed by atoms with Crippen LogP contribution in [0.15, 0.2) is 39.9 Å². The highest BCUT2D eigenvalue weighted by atomic mass is 16.6. The lowest BCUT2D eigenvalue weighted by molar-refractivity contribution is 0.0962. The second kappa shape index (κ2) is 8.00. The number of rotatable bonds is 4. The van der Waals surface area contributed by atoms with Gasteiger partial charge in [-0.15, -0.1) is 0 Å². The fraction of sp³-hybridized carbons (Fsp3) is 0.368. The van der Waals surface area contributed by atoms with E-state index in [2.05, 4.69) is 6.07 Å². The van der Waals surface area contributed by atoms with Gasteiger partial charge in [0, 0.05) is 19.7 Å². The number of piperidine rings is 1. The molecule has 0 aliphatic carbocycles. The first-order chi connectivity index (χ1) is 13.4. The lowest BCUT2D eigenvalue weighted by Crippen LogP contribution is -2.46. The number of hydrogen-bond acceptors (Lipinski definition) is 6. The number of nitriles is 1. The Bertz CT molecular complexity index is 1050. The van der Waals surface area contributed by atoms with Crippen LogP contribution >= 0.6 is 0 Å². The maximum absolute atomic E-state index is 12.8. The smallest absolute Gasteiger partial charge is 0.404 e. The molecule has 1 amide bonds. The quantitative estimate of drug-likeness (QED) is 0.821. The minimum atomic E-state index is -0.851. The molecule has 0 spiro atoms. The van der Waals surface area contributed by atoms with Crippen LogP contribution in [0.1, 0.15) is 24.0 Å². The highest BCUT2D eigenvalue weighted by Gasteiger charge is 2.25. The molecule has 1 aliphatic heterocycles. The van der Waals surface area contributed by atoms with E-state index in [1.807, 2.05) is 4.90 Å². The first-order valence-electron chi connectivity index (χ1n) is 8.90. The van der Waals surface area contributed by atoms with Crippen molar-refractivity contribution in [3.8, 4) is 6.07 Å². The minimum Gasteiger partial charge on any atom is -0.445 e. The number of ether oxygens (including phenoxy) is 1. The highest BCUT2D eigenvalue weighted by molar-refractivity contribution is 5.65. The van der Waals surface area contributed by atoms with Crippen molar-refractivity contribution in [3.05, 3.63) is 62.3 Å². The molecule has 1 aromatic carbocycles. The van der Waals surface area contributed by atoms with Crippen LogP contribution in [-0.4, -0.2) is 34.4 Å². The molecule has 2 aromatic rings. The van der Waals surface area contributed by atoms with Gasteiger partial charge in [-0.2, -0.15) is 5.26 Å². The average molecular weight is 383 g/mol. The number of anilines is 1. The van der Waals surface area contributed by atoms with E-state index in [0.29, 0.717) is 36.5 Å². The summed E-state index contributed by atoms with van der Waals surface area (Å²) in [5.41, 5.74) is 5.35. The predicted octanol–water partition coefficient (Wildman–Crippen LogP) is 0.531. The third-order valence-electron chi connectivity index (χ3n) is 4.83. The van der Waals surface area contributed by atoms with Gasteiger partial charge in [-0.05, 0) is 24.5 Å². The van der Waals surface area contributed by atoms with E-state index in [9.17, 15) is 19.6 Å². The van der Waals surface area contributed by atoms with Crippen molar-refractivity contribution in [2.75, 3.05) is 18.0 Å². The van der Waals surface area contributed by atoms with Gasteiger partial charge in [0.1, 0.15) is 11.9 Å². The standard InChI is InChI=1S/C19H21N5O4/c1-22-17(25)9-16(23-8-4-7-15(12-23)28-18(21)26)24(19(22)27)11-14-6-3-2-5-13(14)10-20/h2-3,5-6,9,15H,4,7-8,11-12H2,1H3,(H2,21,26)/t15-/m1/s1. The summed E-state index contributed by atoms with van der Waals surface area (Å²) in [6, 6.07) is 10.5. The van der Waals surface area contributed by atoms with E-state index in [0.717, 1.165) is 11.0 Å². The maximum Gasteiger partial charge on any atom is 0.404 e. The van der Waals surface area contributed by atoms with Crippen LogP contribution < -0.4 is 21.9 Å². The molecule has 0 radical (unpaired) electrons. The van der Waals surface area contributed by atoms with Gasteiger partial charge < -0.3 is 15.4 Å². The Labute approximate surface area is 161 Å². The first-order valence-corrected chi connectivity index (χ1v) is 8.90. The lowest BCUT2D eigenvalue weighted by atomic mass is 10.1. The molecule has 1 aromatic heterocycles. The van der Waals surface area contributed by atoms with Gasteiger partial charge in [0.05, 0.1) is 24.7 Å². The summed E-state index contributed by atoms with van der Waals surface area (Å²) in [5.74, 6) is 0.429. The molecule has 0 bridgehead atoms. The average Bonchev–Trinajstić information content (AvgIpc) is 2.68. The van der Waals surface area contributed by atoms with Crippen molar-refractivity contribution < 1.29 is 9.53 Å². The van der Waals surface area contributed by atoms with Gasteiger partial charge >= 0.3 is 11.8 Å². The van der Waals surface area contributed by atoms with Crippen LogP contribution in [0.5, 0.6) is 0 Å². The van der Waals surface area contributed by atoms with Crippen molar-refractivity contribution in [3.63, 3.8) is 0 Å². The van der Waals surface area contributed by atoms with E-state index in [1.54, 1.807) is 24.3 Å². The molecular weight excluding hydrogens is 362 g/mol. The van der Waals surface area contributed by atoms with E-state index in [4.69, 9.17) is 10.5 Å². The number of carbonyl (C=O) groups excluding carboxylic acids is 1. The van der Waals surface area contributed by atoms with E-state index in [1.165, 1.54) is 17.7 Å². The largest absolute Gasteiger partial charge is 0.445 e. The normalized spacial score (nSPS) is 16.4. The topological polar surface area (TPSA) is 123 Å². The fourth-order valence-electron chi connectivity index (χ4n) is 3.41. The number of carbonyl (C=O) groups is 1. The van der Waals surface area contributed by atoms with Gasteiger partial charge in [-0.1, -0.05) is 18.2 Å². The van der Waals surface area contributed by atoms with Crippen LogP contribution in [0.3, 0.4) is 0 Å². The van der Waals surface area contributed by atoms with Crippen LogP contribution in [0, 0.1) is 11.3 Å². The number of primary amides is 1. The van der Waals surface area contributed by atoms with Crippen LogP contribution in [0.25, 0.3) is 0 Å². The molecule has 2 heterocycles. The SMILES string of the molecule is Cn1c(=O)cc(N2CCC[C@@H](OC(N)=O)C2)n(Cc2ccccc2C#N)c1=O.